The van der Waals surface area contributed by atoms with Crippen LogP contribution < -0.4 is 20.3 Å². The summed E-state index contributed by atoms with van der Waals surface area (Å²) in [6, 6.07) is 16.3. The molecule has 2 aromatic carbocycles. The van der Waals surface area contributed by atoms with Crippen LogP contribution in [0, 0.1) is 6.92 Å². The lowest BCUT2D eigenvalue weighted by Crippen LogP contribution is -2.21. The first kappa shape index (κ1) is 20.5. The maximum Gasteiger partial charge on any atom is 0.224 e. The minimum atomic E-state index is 0.586. The van der Waals surface area contributed by atoms with Gasteiger partial charge in [-0.25, -0.2) is 4.98 Å². The van der Waals surface area contributed by atoms with E-state index in [1.165, 1.54) is 11.3 Å². The molecule has 3 aromatic rings. The van der Waals surface area contributed by atoms with Gasteiger partial charge in [-0.3, -0.25) is 0 Å². The highest BCUT2D eigenvalue weighted by molar-refractivity contribution is 5.65. The van der Waals surface area contributed by atoms with Crippen LogP contribution in [0.5, 0.6) is 5.75 Å². The zero-order chi connectivity index (χ0) is 20.6. The Morgan fingerprint density at radius 3 is 2.41 bits per heavy atom. The quantitative estimate of drug-likeness (QED) is 0.535. The summed E-state index contributed by atoms with van der Waals surface area (Å²) in [7, 11) is 1.67. The number of nitrogens with zero attached hydrogens (tertiary/aromatic N) is 3. The Balaban J connectivity index is 1.66. The molecule has 0 atom stereocenters. The molecule has 0 radical (unpaired) electrons. The largest absolute Gasteiger partial charge is 0.497 e. The SMILES string of the molecule is CCN(CC)c1ccc(Nc2ccnc(NCc3ccc(OC)cc3)n2)c(C)c1. The molecule has 6 nitrogen and oxygen atoms in total. The first-order valence-electron chi connectivity index (χ1n) is 9.95. The predicted molar refractivity (Wildman–Crippen MR) is 120 cm³/mol. The van der Waals surface area contributed by atoms with Crippen molar-refractivity contribution >= 4 is 23.1 Å². The number of aryl methyl sites for hydroxylation is 1. The van der Waals surface area contributed by atoms with Crippen LogP contribution >= 0.6 is 0 Å². The van der Waals surface area contributed by atoms with E-state index in [2.05, 4.69) is 64.5 Å². The molecule has 1 heterocycles. The number of anilines is 4. The number of hydrogen-bond donors (Lipinski definition) is 2. The van der Waals surface area contributed by atoms with E-state index in [-0.39, 0.29) is 0 Å². The number of methoxy groups -OCH3 is 1. The molecule has 0 aliphatic carbocycles. The van der Waals surface area contributed by atoms with E-state index >= 15 is 0 Å². The molecule has 0 saturated heterocycles. The first-order valence-corrected chi connectivity index (χ1v) is 9.95. The number of rotatable bonds is 9. The topological polar surface area (TPSA) is 62.3 Å². The highest BCUT2D eigenvalue weighted by atomic mass is 16.5. The molecular formula is C23H29N5O. The second-order valence-corrected chi connectivity index (χ2v) is 6.76. The molecule has 0 amide bonds. The summed E-state index contributed by atoms with van der Waals surface area (Å²) in [6.07, 6.45) is 1.76. The van der Waals surface area contributed by atoms with E-state index in [9.17, 15) is 0 Å². The summed E-state index contributed by atoms with van der Waals surface area (Å²) in [6.45, 7) is 9.10. The van der Waals surface area contributed by atoms with Crippen molar-refractivity contribution in [2.45, 2.75) is 27.3 Å². The van der Waals surface area contributed by atoms with Gasteiger partial charge >= 0.3 is 0 Å². The second-order valence-electron chi connectivity index (χ2n) is 6.76. The molecule has 1 aromatic heterocycles. The lowest BCUT2D eigenvalue weighted by molar-refractivity contribution is 0.414. The van der Waals surface area contributed by atoms with Crippen molar-refractivity contribution in [1.29, 1.82) is 0 Å². The van der Waals surface area contributed by atoms with Gasteiger partial charge in [0.05, 0.1) is 7.11 Å². The van der Waals surface area contributed by atoms with Crippen LogP contribution in [0.1, 0.15) is 25.0 Å². The molecule has 0 aliphatic rings. The summed E-state index contributed by atoms with van der Waals surface area (Å²) < 4.78 is 5.19. The molecule has 0 unspecified atom stereocenters. The van der Waals surface area contributed by atoms with Gasteiger partial charge < -0.3 is 20.3 Å². The summed E-state index contributed by atoms with van der Waals surface area (Å²) in [5.74, 6) is 2.19. The Labute approximate surface area is 173 Å². The fraction of sp³-hybridized carbons (Fsp3) is 0.304. The number of aromatic nitrogens is 2. The third-order valence-electron chi connectivity index (χ3n) is 4.87. The fourth-order valence-electron chi connectivity index (χ4n) is 3.15. The third-order valence-corrected chi connectivity index (χ3v) is 4.87. The zero-order valence-electron chi connectivity index (χ0n) is 17.6. The number of hydrogen-bond acceptors (Lipinski definition) is 6. The van der Waals surface area contributed by atoms with Crippen molar-refractivity contribution in [3.05, 3.63) is 65.9 Å². The van der Waals surface area contributed by atoms with Gasteiger partial charge in [0.15, 0.2) is 0 Å². The molecule has 29 heavy (non-hydrogen) atoms. The lowest BCUT2D eigenvalue weighted by atomic mass is 10.1. The molecule has 0 aliphatic heterocycles. The maximum atomic E-state index is 5.19. The van der Waals surface area contributed by atoms with E-state index in [1.54, 1.807) is 13.3 Å². The van der Waals surface area contributed by atoms with Gasteiger partial charge in [0, 0.05) is 37.2 Å². The smallest absolute Gasteiger partial charge is 0.224 e. The summed E-state index contributed by atoms with van der Waals surface area (Å²) in [4.78, 5) is 11.2. The molecule has 2 N–H and O–H groups in total. The van der Waals surface area contributed by atoms with Gasteiger partial charge in [-0.05, 0) is 68.3 Å². The second kappa shape index (κ2) is 9.78. The van der Waals surface area contributed by atoms with Crippen LogP contribution in [0.15, 0.2) is 54.7 Å². The Hall–Kier alpha value is -3.28. The Bertz CT molecular complexity index is 923. The van der Waals surface area contributed by atoms with Gasteiger partial charge in [-0.15, -0.1) is 0 Å². The highest BCUT2D eigenvalue weighted by Gasteiger charge is 2.07. The fourth-order valence-corrected chi connectivity index (χ4v) is 3.15. The third kappa shape index (κ3) is 5.38. The summed E-state index contributed by atoms with van der Waals surface area (Å²) in [5, 5.41) is 6.67. The van der Waals surface area contributed by atoms with E-state index in [4.69, 9.17) is 4.74 Å². The van der Waals surface area contributed by atoms with Crippen LogP contribution in [-0.2, 0) is 6.54 Å². The summed E-state index contributed by atoms with van der Waals surface area (Å²) >= 11 is 0. The monoisotopic (exact) mass is 391 g/mol. The maximum absolute atomic E-state index is 5.19. The molecule has 0 saturated carbocycles. The van der Waals surface area contributed by atoms with Crippen molar-refractivity contribution in [3.63, 3.8) is 0 Å². The lowest BCUT2D eigenvalue weighted by Gasteiger charge is -2.22. The standard InChI is InChI=1S/C23H29N5O/c1-5-28(6-2)19-9-12-21(17(3)15-19)26-22-13-14-24-23(27-22)25-16-18-7-10-20(29-4)11-8-18/h7-15H,5-6,16H2,1-4H3,(H2,24,25,26,27). The molecule has 0 bridgehead atoms. The number of nitrogens with one attached hydrogen (secondary N) is 2. The van der Waals surface area contributed by atoms with E-state index in [1.807, 2.05) is 30.3 Å². The average Bonchev–Trinajstić information content (AvgIpc) is 2.75. The minimum absolute atomic E-state index is 0.586. The normalized spacial score (nSPS) is 10.5. The molecular weight excluding hydrogens is 362 g/mol. The van der Waals surface area contributed by atoms with Crippen molar-refractivity contribution in [1.82, 2.24) is 9.97 Å². The van der Waals surface area contributed by atoms with Crippen molar-refractivity contribution in [2.24, 2.45) is 0 Å². The Morgan fingerprint density at radius 2 is 1.76 bits per heavy atom. The Morgan fingerprint density at radius 1 is 1.00 bits per heavy atom. The van der Waals surface area contributed by atoms with E-state index < -0.39 is 0 Å². The van der Waals surface area contributed by atoms with Gasteiger partial charge in [0.1, 0.15) is 11.6 Å². The number of ether oxygens (including phenoxy) is 1. The van der Waals surface area contributed by atoms with Gasteiger partial charge in [0.25, 0.3) is 0 Å². The molecule has 3 rings (SSSR count). The van der Waals surface area contributed by atoms with Crippen LogP contribution in [0.25, 0.3) is 0 Å². The van der Waals surface area contributed by atoms with Crippen molar-refractivity contribution < 1.29 is 4.74 Å². The molecule has 0 fully saturated rings. The Kier molecular flexibility index (Phi) is 6.89. The van der Waals surface area contributed by atoms with Crippen molar-refractivity contribution in [3.8, 4) is 5.75 Å². The van der Waals surface area contributed by atoms with Crippen molar-refractivity contribution in [2.75, 3.05) is 35.7 Å². The minimum Gasteiger partial charge on any atom is -0.497 e. The van der Waals surface area contributed by atoms with Crippen LogP contribution in [0.4, 0.5) is 23.1 Å². The molecule has 6 heteroatoms. The predicted octanol–water partition coefficient (Wildman–Crippen LogP) is 5.00. The van der Waals surface area contributed by atoms with Crippen LogP contribution in [0.3, 0.4) is 0 Å². The van der Waals surface area contributed by atoms with Gasteiger partial charge in [-0.2, -0.15) is 4.98 Å². The van der Waals surface area contributed by atoms with E-state index in [0.717, 1.165) is 35.9 Å². The summed E-state index contributed by atoms with van der Waals surface area (Å²) in [5.41, 5.74) is 4.60. The first-order chi connectivity index (χ1) is 14.1. The van der Waals surface area contributed by atoms with Gasteiger partial charge in [0.2, 0.25) is 5.95 Å². The zero-order valence-corrected chi connectivity index (χ0v) is 17.6. The van der Waals surface area contributed by atoms with E-state index in [0.29, 0.717) is 12.5 Å². The highest BCUT2D eigenvalue weighted by Crippen LogP contribution is 2.25. The molecule has 0 spiro atoms. The average molecular weight is 392 g/mol. The van der Waals surface area contributed by atoms with Crippen LogP contribution in [0.2, 0.25) is 0 Å². The van der Waals surface area contributed by atoms with Gasteiger partial charge in [-0.1, -0.05) is 12.1 Å². The number of benzene rings is 2. The van der Waals surface area contributed by atoms with Crippen LogP contribution in [-0.4, -0.2) is 30.2 Å². The molecule has 152 valence electrons.